The number of aromatic nitrogens is 2. The summed E-state index contributed by atoms with van der Waals surface area (Å²) < 4.78 is 11.1. The van der Waals surface area contributed by atoms with Crippen molar-refractivity contribution in [2.75, 3.05) is 7.05 Å². The smallest absolute Gasteiger partial charge is 0.274 e. The molecule has 7 nitrogen and oxygen atoms in total. The fraction of sp³-hybridized carbons (Fsp3) is 0.273. The predicted octanol–water partition coefficient (Wildman–Crippen LogP) is 2.05. The summed E-state index contributed by atoms with van der Waals surface area (Å²) >= 11 is 3.21. The molecule has 0 bridgehead atoms. The largest absolute Gasteiger partial charge is 0.446 e. The Bertz CT molecular complexity index is 660. The first-order valence-corrected chi connectivity index (χ1v) is 6.36. The number of hydrogen-bond acceptors (Lipinski definition) is 6. The maximum atomic E-state index is 11.3. The molecule has 2 aromatic rings. The van der Waals surface area contributed by atoms with E-state index in [2.05, 4.69) is 31.2 Å². The second kappa shape index (κ2) is 4.61. The Labute approximate surface area is 116 Å². The summed E-state index contributed by atoms with van der Waals surface area (Å²) in [4.78, 5) is 15.5. The van der Waals surface area contributed by atoms with E-state index < -0.39 is 0 Å². The minimum absolute atomic E-state index is 0.0292. The van der Waals surface area contributed by atoms with Crippen molar-refractivity contribution in [2.24, 2.45) is 5.10 Å². The SMILES string of the molecule is CN1N=C(c2nc(-c3ccc(Br)o3)no2)CCC1=O. The van der Waals surface area contributed by atoms with Crippen LogP contribution in [-0.4, -0.2) is 33.8 Å². The number of carbonyl (C=O) groups excluding carboxylic acids is 1. The second-order valence-electron chi connectivity index (χ2n) is 3.99. The molecule has 1 amide bonds. The van der Waals surface area contributed by atoms with Gasteiger partial charge in [0.1, 0.15) is 5.71 Å². The molecular weight excluding hydrogens is 316 g/mol. The first kappa shape index (κ1) is 12.1. The highest BCUT2D eigenvalue weighted by atomic mass is 79.9. The molecule has 19 heavy (non-hydrogen) atoms. The molecule has 0 unspecified atom stereocenters. The zero-order valence-electron chi connectivity index (χ0n) is 9.96. The van der Waals surface area contributed by atoms with E-state index in [1.165, 1.54) is 5.01 Å². The fourth-order valence-electron chi connectivity index (χ4n) is 1.70. The third kappa shape index (κ3) is 2.30. The van der Waals surface area contributed by atoms with Crippen molar-refractivity contribution in [3.8, 4) is 11.6 Å². The van der Waals surface area contributed by atoms with E-state index in [0.717, 1.165) is 0 Å². The number of halogens is 1. The number of furan rings is 1. The van der Waals surface area contributed by atoms with Gasteiger partial charge in [-0.1, -0.05) is 5.16 Å². The van der Waals surface area contributed by atoms with Gasteiger partial charge in [0.05, 0.1) is 0 Å². The average molecular weight is 325 g/mol. The number of rotatable bonds is 2. The second-order valence-corrected chi connectivity index (χ2v) is 4.77. The monoisotopic (exact) mass is 324 g/mol. The predicted molar refractivity (Wildman–Crippen MR) is 68.2 cm³/mol. The van der Waals surface area contributed by atoms with Crippen LogP contribution in [0.2, 0.25) is 0 Å². The first-order valence-electron chi connectivity index (χ1n) is 5.57. The van der Waals surface area contributed by atoms with Crippen LogP contribution >= 0.6 is 15.9 Å². The van der Waals surface area contributed by atoms with E-state index in [-0.39, 0.29) is 5.91 Å². The summed E-state index contributed by atoms with van der Waals surface area (Å²) in [6, 6.07) is 3.48. The molecule has 0 aliphatic carbocycles. The van der Waals surface area contributed by atoms with Gasteiger partial charge in [-0.15, -0.1) is 0 Å². The molecule has 8 heteroatoms. The Morgan fingerprint density at radius 1 is 1.37 bits per heavy atom. The van der Waals surface area contributed by atoms with Gasteiger partial charge in [-0.05, 0) is 28.1 Å². The Morgan fingerprint density at radius 2 is 2.21 bits per heavy atom. The van der Waals surface area contributed by atoms with Gasteiger partial charge in [-0.3, -0.25) is 4.79 Å². The quantitative estimate of drug-likeness (QED) is 0.844. The van der Waals surface area contributed by atoms with Crippen molar-refractivity contribution >= 4 is 27.5 Å². The van der Waals surface area contributed by atoms with Gasteiger partial charge in [0, 0.05) is 19.9 Å². The van der Waals surface area contributed by atoms with E-state index in [0.29, 0.717) is 40.7 Å². The summed E-state index contributed by atoms with van der Waals surface area (Å²) in [6.07, 6.45) is 0.881. The van der Waals surface area contributed by atoms with Crippen LogP contribution in [-0.2, 0) is 4.79 Å². The minimum atomic E-state index is -0.0292. The van der Waals surface area contributed by atoms with Gasteiger partial charge >= 0.3 is 0 Å². The maximum Gasteiger partial charge on any atom is 0.274 e. The molecular formula is C11H9BrN4O3. The Balaban J connectivity index is 1.90. The molecule has 0 atom stereocenters. The minimum Gasteiger partial charge on any atom is -0.446 e. The van der Waals surface area contributed by atoms with Crippen LogP contribution in [0.3, 0.4) is 0 Å². The molecule has 2 aromatic heterocycles. The lowest BCUT2D eigenvalue weighted by atomic mass is 10.2. The first-order chi connectivity index (χ1) is 9.13. The highest BCUT2D eigenvalue weighted by molar-refractivity contribution is 9.10. The third-order valence-corrected chi connectivity index (χ3v) is 3.10. The summed E-state index contributed by atoms with van der Waals surface area (Å²) in [5, 5.41) is 9.23. The molecule has 98 valence electrons. The summed E-state index contributed by atoms with van der Waals surface area (Å²) in [5.41, 5.74) is 0.603. The Morgan fingerprint density at radius 3 is 2.89 bits per heavy atom. The molecule has 1 aliphatic rings. The van der Waals surface area contributed by atoms with Gasteiger partial charge in [0.25, 0.3) is 5.89 Å². The van der Waals surface area contributed by atoms with E-state index in [1.54, 1.807) is 19.2 Å². The highest BCUT2D eigenvalue weighted by Gasteiger charge is 2.23. The maximum absolute atomic E-state index is 11.3. The molecule has 0 aromatic carbocycles. The molecule has 0 saturated heterocycles. The Hall–Kier alpha value is -1.96. The fourth-order valence-corrected chi connectivity index (χ4v) is 2.01. The zero-order chi connectivity index (χ0) is 13.4. The van der Waals surface area contributed by atoms with Gasteiger partial charge < -0.3 is 8.94 Å². The number of hydrogen-bond donors (Lipinski definition) is 0. The normalized spacial score (nSPS) is 15.8. The zero-order valence-corrected chi connectivity index (χ0v) is 11.5. The summed E-state index contributed by atoms with van der Waals surface area (Å²) in [7, 11) is 1.60. The van der Waals surface area contributed by atoms with Crippen molar-refractivity contribution < 1.29 is 13.7 Å². The Kier molecular flexibility index (Phi) is 2.94. The van der Waals surface area contributed by atoms with Crippen LogP contribution in [0.4, 0.5) is 0 Å². The van der Waals surface area contributed by atoms with Crippen molar-refractivity contribution in [2.45, 2.75) is 12.8 Å². The van der Waals surface area contributed by atoms with Crippen LogP contribution in [0, 0.1) is 0 Å². The standard InChI is InChI=1S/C11H9BrN4O3/c1-16-9(17)5-2-6(14-16)11-13-10(15-19-11)7-3-4-8(12)18-7/h3-4H,2,5H2,1H3. The van der Waals surface area contributed by atoms with Crippen molar-refractivity contribution in [3.05, 3.63) is 22.7 Å². The molecule has 0 radical (unpaired) electrons. The molecule has 0 saturated carbocycles. The van der Waals surface area contributed by atoms with E-state index in [4.69, 9.17) is 8.94 Å². The number of hydrazone groups is 1. The van der Waals surface area contributed by atoms with Crippen LogP contribution in [0.1, 0.15) is 18.7 Å². The van der Waals surface area contributed by atoms with Gasteiger partial charge in [0.15, 0.2) is 10.4 Å². The molecule has 0 fully saturated rings. The van der Waals surface area contributed by atoms with Crippen molar-refractivity contribution in [1.29, 1.82) is 0 Å². The van der Waals surface area contributed by atoms with Crippen molar-refractivity contribution in [1.82, 2.24) is 15.1 Å². The molecule has 0 N–H and O–H groups in total. The van der Waals surface area contributed by atoms with Gasteiger partial charge in [-0.25, -0.2) is 5.01 Å². The summed E-state index contributed by atoms with van der Waals surface area (Å²) in [5.74, 6) is 1.13. The highest BCUT2D eigenvalue weighted by Crippen LogP contribution is 2.23. The van der Waals surface area contributed by atoms with Gasteiger partial charge in [0.2, 0.25) is 11.7 Å². The van der Waals surface area contributed by atoms with Crippen LogP contribution < -0.4 is 0 Å². The molecule has 0 spiro atoms. The lowest BCUT2D eigenvalue weighted by Gasteiger charge is -2.17. The van der Waals surface area contributed by atoms with Crippen LogP contribution in [0.15, 0.2) is 30.8 Å². The van der Waals surface area contributed by atoms with Crippen LogP contribution in [0.25, 0.3) is 11.6 Å². The van der Waals surface area contributed by atoms with E-state index in [1.807, 2.05) is 0 Å². The molecule has 3 rings (SSSR count). The lowest BCUT2D eigenvalue weighted by molar-refractivity contribution is -0.130. The topological polar surface area (TPSA) is 84.7 Å². The van der Waals surface area contributed by atoms with E-state index in [9.17, 15) is 4.79 Å². The van der Waals surface area contributed by atoms with Crippen LogP contribution in [0.5, 0.6) is 0 Å². The van der Waals surface area contributed by atoms with Crippen molar-refractivity contribution in [3.63, 3.8) is 0 Å². The average Bonchev–Trinajstić information content (AvgIpc) is 3.01. The lowest BCUT2D eigenvalue weighted by Crippen LogP contribution is -2.28. The molecule has 1 aliphatic heterocycles. The number of carbonyl (C=O) groups is 1. The third-order valence-electron chi connectivity index (χ3n) is 2.67. The number of amides is 1. The molecule has 3 heterocycles. The number of nitrogens with zero attached hydrogens (tertiary/aromatic N) is 4. The van der Waals surface area contributed by atoms with Gasteiger partial charge in [-0.2, -0.15) is 10.1 Å². The summed E-state index contributed by atoms with van der Waals surface area (Å²) in [6.45, 7) is 0. The van der Waals surface area contributed by atoms with E-state index >= 15 is 0 Å².